The molecule has 2 aromatic rings. The number of carbonyl (C=O) groups excluding carboxylic acids is 2. The number of hydrogen-bond acceptors (Lipinski definition) is 6. The highest BCUT2D eigenvalue weighted by atomic mass is 19.4. The van der Waals surface area contributed by atoms with Crippen LogP contribution in [-0.2, 0) is 20.5 Å². The standard InChI is InChI=1S/C19H19F3N4O4/c1-25-9-12(8-15(25)27)18(28)26-5-6-29-14(10-26)17-23-16(24-30-17)11-3-2-4-13(7-11)19(20,21)22/h2-4,7,12,14H,5-6,8-10H2,1H3. The Kier molecular flexibility index (Phi) is 5.22. The third kappa shape index (κ3) is 4.02. The molecule has 2 atom stereocenters. The maximum Gasteiger partial charge on any atom is 0.416 e. The Hall–Kier alpha value is -2.95. The van der Waals surface area contributed by atoms with Gasteiger partial charge < -0.3 is 19.1 Å². The quantitative estimate of drug-likeness (QED) is 0.750. The van der Waals surface area contributed by atoms with Gasteiger partial charge in [0.15, 0.2) is 6.10 Å². The van der Waals surface area contributed by atoms with Crippen LogP contribution in [-0.4, -0.2) is 65.0 Å². The van der Waals surface area contributed by atoms with Gasteiger partial charge in [0.25, 0.3) is 5.89 Å². The number of rotatable bonds is 3. The van der Waals surface area contributed by atoms with Crippen LogP contribution in [0.25, 0.3) is 11.4 Å². The molecular weight excluding hydrogens is 405 g/mol. The second-order valence-electron chi connectivity index (χ2n) is 7.35. The highest BCUT2D eigenvalue weighted by molar-refractivity contribution is 5.89. The van der Waals surface area contributed by atoms with Gasteiger partial charge >= 0.3 is 6.18 Å². The van der Waals surface area contributed by atoms with E-state index in [1.807, 2.05) is 0 Å². The molecule has 0 N–H and O–H groups in total. The van der Waals surface area contributed by atoms with Gasteiger partial charge in [-0.3, -0.25) is 9.59 Å². The number of ether oxygens (including phenoxy) is 1. The highest BCUT2D eigenvalue weighted by Crippen LogP contribution is 2.32. The summed E-state index contributed by atoms with van der Waals surface area (Å²) in [6, 6.07) is 4.63. The van der Waals surface area contributed by atoms with Crippen molar-refractivity contribution in [1.82, 2.24) is 19.9 Å². The minimum Gasteiger partial charge on any atom is -0.365 e. The highest BCUT2D eigenvalue weighted by Gasteiger charge is 2.38. The Balaban J connectivity index is 1.47. The summed E-state index contributed by atoms with van der Waals surface area (Å²) >= 11 is 0. The van der Waals surface area contributed by atoms with Crippen LogP contribution in [0, 0.1) is 5.92 Å². The van der Waals surface area contributed by atoms with Gasteiger partial charge in [-0.15, -0.1) is 0 Å². The molecule has 2 aliphatic heterocycles. The summed E-state index contributed by atoms with van der Waals surface area (Å²) in [5, 5.41) is 3.76. The molecule has 1 aromatic heterocycles. The Labute approximate surface area is 169 Å². The molecule has 8 nitrogen and oxygen atoms in total. The number of aromatic nitrogens is 2. The van der Waals surface area contributed by atoms with E-state index in [-0.39, 0.29) is 48.7 Å². The first-order valence-electron chi connectivity index (χ1n) is 9.38. The van der Waals surface area contributed by atoms with E-state index in [1.165, 1.54) is 17.0 Å². The number of carbonyl (C=O) groups is 2. The van der Waals surface area contributed by atoms with Crippen molar-refractivity contribution >= 4 is 11.8 Å². The van der Waals surface area contributed by atoms with E-state index in [2.05, 4.69) is 10.1 Å². The molecule has 1 aromatic carbocycles. The number of nitrogens with zero attached hydrogens (tertiary/aromatic N) is 4. The molecule has 11 heteroatoms. The zero-order chi connectivity index (χ0) is 21.5. The second-order valence-corrected chi connectivity index (χ2v) is 7.35. The molecule has 3 heterocycles. The smallest absolute Gasteiger partial charge is 0.365 e. The zero-order valence-corrected chi connectivity index (χ0v) is 16.1. The third-order valence-electron chi connectivity index (χ3n) is 5.23. The fraction of sp³-hybridized carbons (Fsp3) is 0.474. The molecule has 4 rings (SSSR count). The molecule has 2 fully saturated rings. The van der Waals surface area contributed by atoms with Gasteiger partial charge in [0.1, 0.15) is 0 Å². The lowest BCUT2D eigenvalue weighted by molar-refractivity contribution is -0.144. The second kappa shape index (κ2) is 7.71. The van der Waals surface area contributed by atoms with Crippen LogP contribution < -0.4 is 0 Å². The van der Waals surface area contributed by atoms with Gasteiger partial charge in [-0.2, -0.15) is 18.2 Å². The number of hydrogen-bond donors (Lipinski definition) is 0. The van der Waals surface area contributed by atoms with E-state index < -0.39 is 23.8 Å². The van der Waals surface area contributed by atoms with Crippen molar-refractivity contribution in [2.45, 2.75) is 18.7 Å². The Morgan fingerprint density at radius 3 is 2.77 bits per heavy atom. The van der Waals surface area contributed by atoms with E-state index >= 15 is 0 Å². The predicted molar refractivity (Wildman–Crippen MR) is 95.8 cm³/mol. The summed E-state index contributed by atoms with van der Waals surface area (Å²) in [5.41, 5.74) is -0.649. The summed E-state index contributed by atoms with van der Waals surface area (Å²) in [7, 11) is 1.66. The molecule has 2 unspecified atom stereocenters. The van der Waals surface area contributed by atoms with Gasteiger partial charge in [-0.25, -0.2) is 0 Å². The van der Waals surface area contributed by atoms with Crippen molar-refractivity contribution in [1.29, 1.82) is 0 Å². The van der Waals surface area contributed by atoms with E-state index in [9.17, 15) is 22.8 Å². The molecule has 0 saturated carbocycles. The molecule has 0 radical (unpaired) electrons. The molecule has 0 bridgehead atoms. The summed E-state index contributed by atoms with van der Waals surface area (Å²) in [6.07, 6.45) is -4.99. The van der Waals surface area contributed by atoms with Crippen molar-refractivity contribution in [3.8, 4) is 11.4 Å². The molecular formula is C19H19F3N4O4. The number of morpholine rings is 1. The summed E-state index contributed by atoms with van der Waals surface area (Å²) in [4.78, 5) is 31.7. The average molecular weight is 424 g/mol. The van der Waals surface area contributed by atoms with Gasteiger partial charge in [0.05, 0.1) is 24.6 Å². The summed E-state index contributed by atoms with van der Waals surface area (Å²) in [6.45, 7) is 1.16. The zero-order valence-electron chi connectivity index (χ0n) is 16.1. The molecule has 30 heavy (non-hydrogen) atoms. The average Bonchev–Trinajstić information content (AvgIpc) is 3.34. The van der Waals surface area contributed by atoms with Crippen molar-refractivity contribution in [2.24, 2.45) is 5.92 Å². The van der Waals surface area contributed by atoms with E-state index in [4.69, 9.17) is 9.26 Å². The van der Waals surface area contributed by atoms with Gasteiger partial charge in [0.2, 0.25) is 17.6 Å². The maximum atomic E-state index is 12.9. The third-order valence-corrected chi connectivity index (χ3v) is 5.23. The Bertz CT molecular complexity index is 961. The van der Waals surface area contributed by atoms with E-state index in [0.29, 0.717) is 13.1 Å². The lowest BCUT2D eigenvalue weighted by atomic mass is 10.1. The minimum absolute atomic E-state index is 0.00571. The number of likely N-dealkylation sites (tertiary alicyclic amines) is 1. The molecule has 0 spiro atoms. The van der Waals surface area contributed by atoms with Gasteiger partial charge in [0, 0.05) is 32.1 Å². The van der Waals surface area contributed by atoms with Crippen LogP contribution in [0.15, 0.2) is 28.8 Å². The number of halogens is 3. The fourth-order valence-electron chi connectivity index (χ4n) is 3.60. The van der Waals surface area contributed by atoms with Crippen molar-refractivity contribution < 1.29 is 32.0 Å². The summed E-state index contributed by atoms with van der Waals surface area (Å²) in [5.74, 6) is -0.519. The molecule has 2 amide bonds. The normalized spacial score (nSPS) is 22.6. The van der Waals surface area contributed by atoms with Crippen molar-refractivity contribution in [2.75, 3.05) is 33.3 Å². The van der Waals surface area contributed by atoms with Crippen LogP contribution in [0.4, 0.5) is 13.2 Å². The van der Waals surface area contributed by atoms with Crippen LogP contribution in [0.3, 0.4) is 0 Å². The van der Waals surface area contributed by atoms with Crippen LogP contribution in [0.2, 0.25) is 0 Å². The number of alkyl halides is 3. The largest absolute Gasteiger partial charge is 0.416 e. The van der Waals surface area contributed by atoms with Gasteiger partial charge in [-0.1, -0.05) is 17.3 Å². The number of amides is 2. The SMILES string of the molecule is CN1CC(C(=O)N2CCOC(c3nc(-c4cccc(C(F)(F)F)c4)no3)C2)CC1=O. The Morgan fingerprint density at radius 1 is 1.27 bits per heavy atom. The summed E-state index contributed by atoms with van der Waals surface area (Å²) < 4.78 is 49.6. The predicted octanol–water partition coefficient (Wildman–Crippen LogP) is 2.13. The molecule has 2 aliphatic rings. The first kappa shape index (κ1) is 20.3. The topological polar surface area (TPSA) is 88.8 Å². The minimum atomic E-state index is -4.48. The monoisotopic (exact) mass is 424 g/mol. The van der Waals surface area contributed by atoms with Gasteiger partial charge in [-0.05, 0) is 12.1 Å². The fourth-order valence-corrected chi connectivity index (χ4v) is 3.60. The number of benzene rings is 1. The van der Waals surface area contributed by atoms with E-state index in [0.717, 1.165) is 12.1 Å². The Morgan fingerprint density at radius 2 is 2.07 bits per heavy atom. The van der Waals surface area contributed by atoms with E-state index in [1.54, 1.807) is 11.9 Å². The van der Waals surface area contributed by atoms with Crippen LogP contribution in [0.1, 0.15) is 24.0 Å². The lowest BCUT2D eigenvalue weighted by Gasteiger charge is -2.32. The molecule has 0 aliphatic carbocycles. The van der Waals surface area contributed by atoms with Crippen molar-refractivity contribution in [3.05, 3.63) is 35.7 Å². The first-order chi connectivity index (χ1) is 14.2. The van der Waals surface area contributed by atoms with Crippen LogP contribution in [0.5, 0.6) is 0 Å². The molecule has 160 valence electrons. The molecule has 2 saturated heterocycles. The first-order valence-corrected chi connectivity index (χ1v) is 9.38. The lowest BCUT2D eigenvalue weighted by Crippen LogP contribution is -2.45. The van der Waals surface area contributed by atoms with Crippen molar-refractivity contribution in [3.63, 3.8) is 0 Å². The van der Waals surface area contributed by atoms with Crippen LogP contribution >= 0.6 is 0 Å². The maximum absolute atomic E-state index is 12.9.